The molecule has 1 N–H and O–H groups in total. The number of nitrogens with one attached hydrogen (secondary N) is 1. The Kier molecular flexibility index (Phi) is 6.54. The molecule has 0 aromatic heterocycles. The third kappa shape index (κ3) is 5.15. The van der Waals surface area contributed by atoms with Gasteiger partial charge in [0.05, 0.1) is 17.7 Å². The van der Waals surface area contributed by atoms with E-state index in [0.29, 0.717) is 17.3 Å². The summed E-state index contributed by atoms with van der Waals surface area (Å²) in [5, 5.41) is 13.2. The summed E-state index contributed by atoms with van der Waals surface area (Å²) in [4.78, 5) is 28.8. The molecule has 0 bridgehead atoms. The van der Waals surface area contributed by atoms with Crippen molar-refractivity contribution < 1.29 is 31.9 Å². The Balaban J connectivity index is 1.62. The van der Waals surface area contributed by atoms with Gasteiger partial charge < -0.3 is 9.47 Å². The van der Waals surface area contributed by atoms with E-state index < -0.39 is 27.5 Å². The summed E-state index contributed by atoms with van der Waals surface area (Å²) in [5.74, 6) is -1.97. The summed E-state index contributed by atoms with van der Waals surface area (Å²) in [7, 11) is -3.64. The molecule has 0 atom stereocenters. The standard InChI is InChI=1S/C22H17FN4O6S2/c1-3-32-17-11-12(4-9-16(17)33-20(29)13-5-7-14(23)8-6-13)10-15-18(24)27-21(25-19(15)28)34-22(26-27)35(2,30)31/h4-11,24H,3H2,1-2H3/b15-10+,24-18?. The van der Waals surface area contributed by atoms with E-state index in [9.17, 15) is 22.4 Å². The molecule has 0 radical (unpaired) electrons. The van der Waals surface area contributed by atoms with E-state index in [1.807, 2.05) is 0 Å². The van der Waals surface area contributed by atoms with E-state index in [0.717, 1.165) is 23.4 Å². The number of esters is 1. The van der Waals surface area contributed by atoms with Crippen molar-refractivity contribution in [3.63, 3.8) is 0 Å². The van der Waals surface area contributed by atoms with Crippen LogP contribution in [0.5, 0.6) is 11.5 Å². The van der Waals surface area contributed by atoms with Gasteiger partial charge in [0.2, 0.25) is 19.4 Å². The second-order valence-electron chi connectivity index (χ2n) is 7.19. The number of rotatable bonds is 5. The minimum absolute atomic E-state index is 0.0179. The molecule has 1 amide bonds. The molecule has 10 nitrogen and oxygen atoms in total. The maximum absolute atomic E-state index is 13.1. The first-order valence-corrected chi connectivity index (χ1v) is 12.7. The smallest absolute Gasteiger partial charge is 0.343 e. The quantitative estimate of drug-likeness (QED) is 0.364. The largest absolute Gasteiger partial charge is 0.490 e. The Morgan fingerprint density at radius 2 is 1.91 bits per heavy atom. The van der Waals surface area contributed by atoms with Crippen LogP contribution in [0.15, 0.2) is 58.1 Å². The highest BCUT2D eigenvalue weighted by Crippen LogP contribution is 2.33. The normalized spacial score (nSPS) is 16.7. The molecule has 0 aliphatic carbocycles. The Morgan fingerprint density at radius 1 is 1.20 bits per heavy atom. The average Bonchev–Trinajstić information content (AvgIpc) is 3.23. The molecule has 0 saturated carbocycles. The monoisotopic (exact) mass is 516 g/mol. The highest BCUT2D eigenvalue weighted by atomic mass is 32.3. The van der Waals surface area contributed by atoms with Crippen molar-refractivity contribution >= 4 is 54.9 Å². The van der Waals surface area contributed by atoms with Crippen LogP contribution in [-0.2, 0) is 14.6 Å². The van der Waals surface area contributed by atoms with Crippen molar-refractivity contribution in [1.29, 1.82) is 5.41 Å². The second-order valence-corrected chi connectivity index (χ2v) is 10.3. The minimum Gasteiger partial charge on any atom is -0.490 e. The molecule has 4 rings (SSSR count). The minimum atomic E-state index is -3.64. The van der Waals surface area contributed by atoms with Gasteiger partial charge in [-0.3, -0.25) is 10.2 Å². The number of halogens is 1. The van der Waals surface area contributed by atoms with Crippen LogP contribution >= 0.6 is 11.8 Å². The predicted octanol–water partition coefficient (Wildman–Crippen LogP) is 3.06. The lowest BCUT2D eigenvalue weighted by molar-refractivity contribution is -0.114. The molecular weight excluding hydrogens is 499 g/mol. The summed E-state index contributed by atoms with van der Waals surface area (Å²) < 4.78 is 47.4. The second kappa shape index (κ2) is 9.43. The fourth-order valence-electron chi connectivity index (χ4n) is 3.00. The lowest BCUT2D eigenvalue weighted by atomic mass is 10.1. The number of hydrazone groups is 1. The lowest BCUT2D eigenvalue weighted by Crippen LogP contribution is -2.35. The summed E-state index contributed by atoms with van der Waals surface area (Å²) in [5.41, 5.74) is 0.458. The van der Waals surface area contributed by atoms with E-state index in [1.54, 1.807) is 6.92 Å². The molecule has 2 heterocycles. The van der Waals surface area contributed by atoms with Crippen LogP contribution in [0.3, 0.4) is 0 Å². The number of nitrogens with zero attached hydrogens (tertiary/aromatic N) is 3. The van der Waals surface area contributed by atoms with Gasteiger partial charge in [-0.2, -0.15) is 10.0 Å². The number of aliphatic imine (C=N–C) groups is 1. The number of amidine groups is 2. The van der Waals surface area contributed by atoms with Crippen molar-refractivity contribution in [2.24, 2.45) is 10.1 Å². The summed E-state index contributed by atoms with van der Waals surface area (Å²) >= 11 is 0.693. The molecule has 13 heteroatoms. The van der Waals surface area contributed by atoms with E-state index in [2.05, 4.69) is 10.1 Å². The molecule has 0 spiro atoms. The predicted molar refractivity (Wildman–Crippen MR) is 129 cm³/mol. The molecule has 0 unspecified atom stereocenters. The zero-order chi connectivity index (χ0) is 25.3. The van der Waals surface area contributed by atoms with Crippen molar-refractivity contribution in [3.8, 4) is 11.5 Å². The van der Waals surface area contributed by atoms with Crippen molar-refractivity contribution in [1.82, 2.24) is 5.01 Å². The number of thioether (sulfide) groups is 1. The first-order chi connectivity index (χ1) is 16.6. The zero-order valence-corrected chi connectivity index (χ0v) is 19.9. The van der Waals surface area contributed by atoms with Gasteiger partial charge in [0, 0.05) is 6.26 Å². The van der Waals surface area contributed by atoms with Crippen LogP contribution in [0.2, 0.25) is 0 Å². The van der Waals surface area contributed by atoms with Gasteiger partial charge >= 0.3 is 5.97 Å². The van der Waals surface area contributed by atoms with E-state index in [4.69, 9.17) is 14.9 Å². The van der Waals surface area contributed by atoms with E-state index in [-0.39, 0.29) is 44.6 Å². The number of carbonyl (C=O) groups excluding carboxylic acids is 2. The van der Waals surface area contributed by atoms with E-state index >= 15 is 0 Å². The first kappa shape index (κ1) is 24.3. The van der Waals surface area contributed by atoms with Crippen LogP contribution in [0, 0.1) is 11.2 Å². The number of ether oxygens (including phenoxy) is 2. The van der Waals surface area contributed by atoms with Crippen LogP contribution in [0.1, 0.15) is 22.8 Å². The number of amides is 1. The Hall–Kier alpha value is -3.84. The van der Waals surface area contributed by atoms with Gasteiger partial charge in [-0.15, -0.1) is 5.10 Å². The van der Waals surface area contributed by atoms with Gasteiger partial charge in [0.25, 0.3) is 5.91 Å². The van der Waals surface area contributed by atoms with Gasteiger partial charge in [-0.1, -0.05) is 6.07 Å². The number of hydrogen-bond acceptors (Lipinski definition) is 9. The molecule has 35 heavy (non-hydrogen) atoms. The third-order valence-electron chi connectivity index (χ3n) is 4.61. The Morgan fingerprint density at radius 3 is 2.57 bits per heavy atom. The average molecular weight is 517 g/mol. The van der Waals surface area contributed by atoms with Crippen LogP contribution in [0.4, 0.5) is 4.39 Å². The molecular formula is C22H17FN4O6S2. The maximum atomic E-state index is 13.1. The Bertz CT molecular complexity index is 1450. The van der Waals surface area contributed by atoms with Crippen molar-refractivity contribution in [2.75, 3.05) is 12.9 Å². The molecule has 0 fully saturated rings. The topological polar surface area (TPSA) is 139 Å². The van der Waals surface area contributed by atoms with Gasteiger partial charge in [0.1, 0.15) is 5.82 Å². The SMILES string of the molecule is CCOc1cc(/C=C2\C(=N)N3N=C(S(C)(=O)=O)SC3=NC2=O)ccc1OC(=O)c1ccc(F)cc1. The zero-order valence-electron chi connectivity index (χ0n) is 18.3. The highest BCUT2D eigenvalue weighted by Gasteiger charge is 2.38. The molecule has 2 aliphatic rings. The van der Waals surface area contributed by atoms with Gasteiger partial charge in [-0.25, -0.2) is 17.6 Å². The fourth-order valence-corrected chi connectivity index (χ4v) is 4.69. The maximum Gasteiger partial charge on any atom is 0.343 e. The van der Waals surface area contributed by atoms with Crippen molar-refractivity contribution in [3.05, 3.63) is 65.0 Å². The molecule has 2 aromatic carbocycles. The number of fused-ring (bicyclic) bond motifs is 1. The van der Waals surface area contributed by atoms with Gasteiger partial charge in [-0.05, 0) is 66.7 Å². The third-order valence-corrected chi connectivity index (χ3v) is 7.19. The molecule has 0 saturated heterocycles. The molecule has 2 aromatic rings. The van der Waals surface area contributed by atoms with E-state index in [1.165, 1.54) is 36.4 Å². The summed E-state index contributed by atoms with van der Waals surface area (Å²) in [6.45, 7) is 1.98. The Labute approximate surface area is 203 Å². The molecule has 2 aliphatic heterocycles. The van der Waals surface area contributed by atoms with Crippen molar-refractivity contribution in [2.45, 2.75) is 6.92 Å². The van der Waals surface area contributed by atoms with Crippen LogP contribution < -0.4 is 9.47 Å². The van der Waals surface area contributed by atoms with Crippen LogP contribution in [0.25, 0.3) is 6.08 Å². The van der Waals surface area contributed by atoms with Gasteiger partial charge in [0.15, 0.2) is 17.3 Å². The fraction of sp³-hybridized carbons (Fsp3) is 0.136. The number of sulfone groups is 1. The lowest BCUT2D eigenvalue weighted by Gasteiger charge is -2.20. The number of hydrogen-bond donors (Lipinski definition) is 1. The molecule has 180 valence electrons. The first-order valence-electron chi connectivity index (χ1n) is 10.0. The number of benzene rings is 2. The summed E-state index contributed by atoms with van der Waals surface area (Å²) in [6, 6.07) is 9.36. The van der Waals surface area contributed by atoms with Crippen LogP contribution in [-0.4, -0.2) is 53.5 Å². The number of carbonyl (C=O) groups is 2. The highest BCUT2D eigenvalue weighted by molar-refractivity contribution is 8.42. The summed E-state index contributed by atoms with van der Waals surface area (Å²) in [6.07, 6.45) is 2.34.